The molecule has 5 aliphatic carbocycles. The van der Waals surface area contributed by atoms with Gasteiger partial charge in [-0.1, -0.05) is 52.3 Å². The fourth-order valence-corrected chi connectivity index (χ4v) is 12.8. The van der Waals surface area contributed by atoms with Crippen LogP contribution in [0.4, 0.5) is 0 Å². The number of fused-ring (bicyclic) bond motifs is 6. The Morgan fingerprint density at radius 2 is 1.39 bits per heavy atom. The third-order valence-electron chi connectivity index (χ3n) is 16.8. The Hall–Kier alpha value is -1.82. The Bertz CT molecular complexity index is 1630. The van der Waals surface area contributed by atoms with Gasteiger partial charge in [0.05, 0.1) is 24.7 Å². The number of hydrogen-bond donors (Lipinski definition) is 8. The molecule has 0 unspecified atom stereocenters. The molecule has 7 rings (SSSR count). The molecule has 14 nitrogen and oxygen atoms in total. The second-order valence-electron chi connectivity index (χ2n) is 20.0. The third-order valence-corrected chi connectivity index (χ3v) is 16.8. The Labute approximate surface area is 328 Å². The molecule has 2 heterocycles. The first-order valence-corrected chi connectivity index (χ1v) is 20.5. The number of ether oxygens (including phenoxy) is 4. The molecule has 0 bridgehead atoms. The third kappa shape index (κ3) is 5.98. The van der Waals surface area contributed by atoms with E-state index in [2.05, 4.69) is 46.8 Å². The molecule has 14 heteroatoms. The zero-order valence-electron chi connectivity index (χ0n) is 33.8. The fraction of sp³-hybridized carbons (Fsp3) is 0.857. The lowest BCUT2D eigenvalue weighted by atomic mass is 9.35. The monoisotopic (exact) mass is 792 g/mol. The number of hydrogen-bond acceptors (Lipinski definition) is 13. The Kier molecular flexibility index (Phi) is 10.7. The summed E-state index contributed by atoms with van der Waals surface area (Å²) in [6, 6.07) is 0. The van der Waals surface area contributed by atoms with Gasteiger partial charge in [-0.3, -0.25) is 9.59 Å². The van der Waals surface area contributed by atoms with Crippen molar-refractivity contribution >= 4 is 11.8 Å². The molecule has 2 aliphatic heterocycles. The number of aliphatic hydroxyl groups excluding tert-OH is 7. The van der Waals surface area contributed by atoms with Gasteiger partial charge in [-0.25, -0.2) is 0 Å². The minimum atomic E-state index is -1.77. The second kappa shape index (κ2) is 14.1. The maximum Gasteiger partial charge on any atom is 0.310 e. The molecule has 0 amide bonds. The topological polar surface area (TPSA) is 233 Å². The van der Waals surface area contributed by atoms with Crippen LogP contribution in [0.15, 0.2) is 23.3 Å². The number of Topliss-reactive ketones (excluding diaryl/α,β-unsaturated/α-hetero) is 1. The number of ketones is 1. The van der Waals surface area contributed by atoms with Crippen LogP contribution in [-0.2, 0) is 28.5 Å². The van der Waals surface area contributed by atoms with Crippen molar-refractivity contribution in [1.82, 2.24) is 0 Å². The molecular formula is C42H64O14. The molecular weight excluding hydrogens is 728 g/mol. The number of aliphatic hydroxyl groups is 7. The number of carbonyl (C=O) groups excluding carboxylic acids is 1. The van der Waals surface area contributed by atoms with E-state index in [1.54, 1.807) is 6.92 Å². The van der Waals surface area contributed by atoms with E-state index in [9.17, 15) is 50.4 Å². The van der Waals surface area contributed by atoms with Crippen molar-refractivity contribution in [3.63, 3.8) is 0 Å². The van der Waals surface area contributed by atoms with Gasteiger partial charge in [-0.15, -0.1) is 0 Å². The highest BCUT2D eigenvalue weighted by Crippen LogP contribution is 2.74. The van der Waals surface area contributed by atoms with E-state index in [0.29, 0.717) is 19.3 Å². The van der Waals surface area contributed by atoms with Crippen LogP contribution in [0.3, 0.4) is 0 Å². The molecule has 316 valence electrons. The van der Waals surface area contributed by atoms with Crippen LogP contribution in [0.25, 0.3) is 0 Å². The summed E-state index contributed by atoms with van der Waals surface area (Å²) in [6.45, 7) is 13.8. The lowest BCUT2D eigenvalue weighted by Gasteiger charge is -2.69. The van der Waals surface area contributed by atoms with Crippen LogP contribution in [0.2, 0.25) is 0 Å². The largest absolute Gasteiger partial charge is 0.481 e. The van der Waals surface area contributed by atoms with E-state index in [0.717, 1.165) is 36.8 Å². The summed E-state index contributed by atoms with van der Waals surface area (Å²) < 4.78 is 24.3. The number of carboxylic acids is 1. The Morgan fingerprint density at radius 3 is 2.02 bits per heavy atom. The van der Waals surface area contributed by atoms with Gasteiger partial charge in [0, 0.05) is 11.8 Å². The van der Waals surface area contributed by atoms with Gasteiger partial charge >= 0.3 is 5.97 Å². The van der Waals surface area contributed by atoms with Gasteiger partial charge < -0.3 is 59.8 Å². The highest BCUT2D eigenvalue weighted by molar-refractivity contribution is 5.95. The molecule has 8 N–H and O–H groups in total. The van der Waals surface area contributed by atoms with Crippen LogP contribution < -0.4 is 0 Å². The summed E-state index contributed by atoms with van der Waals surface area (Å²) in [5.41, 5.74) is -0.748. The highest BCUT2D eigenvalue weighted by Gasteiger charge is 2.68. The average molecular weight is 793 g/mol. The molecule has 7 aliphatic rings. The molecule has 0 aromatic rings. The number of allylic oxidation sites excluding steroid dienone is 4. The van der Waals surface area contributed by atoms with Crippen molar-refractivity contribution in [3.8, 4) is 0 Å². The summed E-state index contributed by atoms with van der Waals surface area (Å²) in [5.74, 6) is -0.590. The quantitative estimate of drug-likeness (QED) is 0.172. The van der Waals surface area contributed by atoms with Crippen molar-refractivity contribution in [2.45, 2.75) is 167 Å². The molecule has 0 aromatic heterocycles. The zero-order valence-corrected chi connectivity index (χ0v) is 33.8. The first-order chi connectivity index (χ1) is 26.0. The summed E-state index contributed by atoms with van der Waals surface area (Å²) in [7, 11) is 0. The fourth-order valence-electron chi connectivity index (χ4n) is 12.8. The van der Waals surface area contributed by atoms with Crippen LogP contribution in [-0.4, -0.2) is 133 Å². The molecule has 0 radical (unpaired) electrons. The van der Waals surface area contributed by atoms with Crippen LogP contribution in [0, 0.1) is 44.3 Å². The minimum Gasteiger partial charge on any atom is -0.481 e. The molecule has 18 atom stereocenters. The second-order valence-corrected chi connectivity index (χ2v) is 20.0. The highest BCUT2D eigenvalue weighted by atomic mass is 16.8. The SMILES string of the molecule is CC1(C)[C@@H](O[C@@H]2O[C@H](CO)[C@@H](O)[C@H](O)[C@H]2O[C@@H]2O[C@H](CO)[C@@H](O)[C@H](O)[C@H]2O)CC[C@]2(C)[C@H]3C=CC4=C5C[C@](C)(C(=O)O)CC(=O)[C@]5(C)CC[C@@]4(C)[C@]3(C)CC[C@@H]12. The number of rotatable bonds is 7. The first kappa shape index (κ1) is 42.3. The maximum absolute atomic E-state index is 13.7. The van der Waals surface area contributed by atoms with E-state index in [-0.39, 0.29) is 40.3 Å². The smallest absolute Gasteiger partial charge is 0.310 e. The standard InChI is InChI=1S/C42H64O14/c1-37(2)24-10-13-42(7)25(9-8-20-21-16-38(3,36(51)52)17-26(45)39(21,4)14-15-41(20,42)6)40(24,5)12-11-27(37)55-35-33(31(49)29(47)23(19-44)54-35)56-34-32(50)30(48)28(46)22(18-43)53-34/h8-9,22-25,27-35,43-44,46-50H,10-19H2,1-7H3,(H,51,52)/t22-,23-,24+,25-,27+,28-,29-,30+,31+,32-,33-,34+,35+,38+,39-,40+,41-,42-/m1/s1. The van der Waals surface area contributed by atoms with E-state index < -0.39 is 103 Å². The van der Waals surface area contributed by atoms with Crippen molar-refractivity contribution in [2.24, 2.45) is 44.3 Å². The van der Waals surface area contributed by atoms with E-state index in [1.807, 2.05) is 6.92 Å². The summed E-state index contributed by atoms with van der Waals surface area (Å²) >= 11 is 0. The van der Waals surface area contributed by atoms with Crippen LogP contribution in [0.1, 0.15) is 99.8 Å². The van der Waals surface area contributed by atoms with Gasteiger partial charge in [0.25, 0.3) is 0 Å². The predicted molar refractivity (Wildman–Crippen MR) is 198 cm³/mol. The molecule has 5 fully saturated rings. The number of aliphatic carboxylic acids is 1. The molecule has 0 aromatic carbocycles. The Morgan fingerprint density at radius 1 is 0.768 bits per heavy atom. The zero-order chi connectivity index (χ0) is 41.1. The van der Waals surface area contributed by atoms with Gasteiger partial charge in [0.2, 0.25) is 0 Å². The Balaban J connectivity index is 1.17. The van der Waals surface area contributed by atoms with Gasteiger partial charge in [-0.05, 0) is 97.9 Å². The van der Waals surface area contributed by atoms with Crippen molar-refractivity contribution < 1.29 is 69.4 Å². The van der Waals surface area contributed by atoms with Gasteiger partial charge in [0.1, 0.15) is 54.6 Å². The average Bonchev–Trinajstić information content (AvgIpc) is 3.13. The normalized spacial score (nSPS) is 52.8. The summed E-state index contributed by atoms with van der Waals surface area (Å²) in [6.07, 6.45) is -6.05. The lowest BCUT2D eigenvalue weighted by molar-refractivity contribution is -0.378. The van der Waals surface area contributed by atoms with E-state index in [1.165, 1.54) is 0 Å². The molecule has 2 saturated heterocycles. The summed E-state index contributed by atoms with van der Waals surface area (Å²) in [5, 5.41) is 83.5. The number of carbonyl (C=O) groups is 2. The predicted octanol–water partition coefficient (Wildman–Crippen LogP) is 1.98. The minimum absolute atomic E-state index is 0.0183. The van der Waals surface area contributed by atoms with Crippen molar-refractivity contribution in [3.05, 3.63) is 23.3 Å². The molecule has 56 heavy (non-hydrogen) atoms. The number of carboxylic acid groups (broad SMARTS) is 1. The van der Waals surface area contributed by atoms with Crippen molar-refractivity contribution in [2.75, 3.05) is 13.2 Å². The first-order valence-electron chi connectivity index (χ1n) is 20.5. The summed E-state index contributed by atoms with van der Waals surface area (Å²) in [4.78, 5) is 26.2. The van der Waals surface area contributed by atoms with E-state index in [4.69, 9.17) is 18.9 Å². The maximum atomic E-state index is 13.7. The van der Waals surface area contributed by atoms with Gasteiger partial charge in [-0.2, -0.15) is 0 Å². The lowest BCUT2D eigenvalue weighted by Crippen LogP contribution is -2.66. The molecule has 0 spiro atoms. The van der Waals surface area contributed by atoms with Crippen LogP contribution >= 0.6 is 0 Å². The molecule has 3 saturated carbocycles. The van der Waals surface area contributed by atoms with E-state index >= 15 is 0 Å². The van der Waals surface area contributed by atoms with Gasteiger partial charge in [0.15, 0.2) is 12.6 Å². The van der Waals surface area contributed by atoms with Crippen LogP contribution in [0.5, 0.6) is 0 Å². The van der Waals surface area contributed by atoms with Crippen molar-refractivity contribution in [1.29, 1.82) is 0 Å².